The van der Waals surface area contributed by atoms with E-state index in [2.05, 4.69) is 5.10 Å². The SMILES string of the molecule is CCOC(=O)C1(C)CCN(c2cnn(-c3ccc(C)c(Cl)c3)c(=O)c2Cl)C1. The van der Waals surface area contributed by atoms with Gasteiger partial charge in [-0.2, -0.15) is 9.78 Å². The van der Waals surface area contributed by atoms with E-state index in [0.717, 1.165) is 5.56 Å². The monoisotopic (exact) mass is 409 g/mol. The highest BCUT2D eigenvalue weighted by Gasteiger charge is 2.42. The van der Waals surface area contributed by atoms with Crippen LogP contribution in [0.5, 0.6) is 0 Å². The van der Waals surface area contributed by atoms with Gasteiger partial charge in [0.15, 0.2) is 0 Å². The minimum atomic E-state index is -0.626. The molecule has 1 aliphatic heterocycles. The lowest BCUT2D eigenvalue weighted by atomic mass is 9.90. The Morgan fingerprint density at radius 2 is 2.11 bits per heavy atom. The van der Waals surface area contributed by atoms with Crippen molar-refractivity contribution in [2.45, 2.75) is 27.2 Å². The van der Waals surface area contributed by atoms with Gasteiger partial charge in [-0.3, -0.25) is 9.59 Å². The highest BCUT2D eigenvalue weighted by atomic mass is 35.5. The zero-order valence-electron chi connectivity index (χ0n) is 15.5. The fourth-order valence-corrected chi connectivity index (χ4v) is 3.60. The van der Waals surface area contributed by atoms with Crippen molar-refractivity contribution in [3.05, 3.63) is 50.4 Å². The van der Waals surface area contributed by atoms with Gasteiger partial charge in [0.05, 0.1) is 29.6 Å². The summed E-state index contributed by atoms with van der Waals surface area (Å²) in [4.78, 5) is 26.9. The van der Waals surface area contributed by atoms with Crippen LogP contribution in [0.4, 0.5) is 5.69 Å². The number of esters is 1. The van der Waals surface area contributed by atoms with E-state index in [1.54, 1.807) is 25.3 Å². The van der Waals surface area contributed by atoms with E-state index in [1.165, 1.54) is 4.68 Å². The van der Waals surface area contributed by atoms with Crippen LogP contribution >= 0.6 is 23.2 Å². The van der Waals surface area contributed by atoms with Crippen molar-refractivity contribution >= 4 is 34.9 Å². The summed E-state index contributed by atoms with van der Waals surface area (Å²) in [5.41, 5.74) is 0.912. The number of nitrogens with zero attached hydrogens (tertiary/aromatic N) is 3. The molecule has 1 unspecified atom stereocenters. The maximum absolute atomic E-state index is 12.7. The Morgan fingerprint density at radius 3 is 2.78 bits per heavy atom. The number of hydrogen-bond donors (Lipinski definition) is 0. The molecule has 8 heteroatoms. The summed E-state index contributed by atoms with van der Waals surface area (Å²) in [7, 11) is 0. The fraction of sp³-hybridized carbons (Fsp3) is 0.421. The molecule has 0 radical (unpaired) electrons. The van der Waals surface area contributed by atoms with Gasteiger partial charge in [0.1, 0.15) is 5.02 Å². The average Bonchev–Trinajstić information content (AvgIpc) is 3.03. The molecule has 1 atom stereocenters. The lowest BCUT2D eigenvalue weighted by molar-refractivity contribution is -0.153. The van der Waals surface area contributed by atoms with Crippen molar-refractivity contribution in [1.82, 2.24) is 9.78 Å². The Bertz CT molecular complexity index is 944. The van der Waals surface area contributed by atoms with Crippen LogP contribution in [-0.2, 0) is 9.53 Å². The largest absolute Gasteiger partial charge is 0.466 e. The molecule has 0 bridgehead atoms. The van der Waals surface area contributed by atoms with Crippen molar-refractivity contribution in [2.24, 2.45) is 5.41 Å². The Labute approximate surface area is 167 Å². The summed E-state index contributed by atoms with van der Waals surface area (Å²) < 4.78 is 6.39. The first-order valence-electron chi connectivity index (χ1n) is 8.73. The van der Waals surface area contributed by atoms with Gasteiger partial charge < -0.3 is 9.64 Å². The zero-order valence-corrected chi connectivity index (χ0v) is 17.0. The van der Waals surface area contributed by atoms with Crippen LogP contribution < -0.4 is 10.5 Å². The summed E-state index contributed by atoms with van der Waals surface area (Å²) >= 11 is 12.5. The van der Waals surface area contributed by atoms with Gasteiger partial charge in [-0.25, -0.2) is 0 Å². The maximum Gasteiger partial charge on any atom is 0.313 e. The first-order chi connectivity index (χ1) is 12.8. The van der Waals surface area contributed by atoms with Gasteiger partial charge >= 0.3 is 5.97 Å². The highest BCUT2D eigenvalue weighted by molar-refractivity contribution is 6.33. The smallest absolute Gasteiger partial charge is 0.313 e. The van der Waals surface area contributed by atoms with E-state index < -0.39 is 11.0 Å². The number of ether oxygens (including phenoxy) is 1. The summed E-state index contributed by atoms with van der Waals surface area (Å²) in [5, 5.41) is 4.87. The topological polar surface area (TPSA) is 64.4 Å². The van der Waals surface area contributed by atoms with Crippen molar-refractivity contribution in [2.75, 3.05) is 24.6 Å². The third-order valence-corrected chi connectivity index (χ3v) is 5.65. The predicted octanol–water partition coefficient (Wildman–Crippen LogP) is 3.63. The van der Waals surface area contributed by atoms with Crippen LogP contribution in [-0.4, -0.2) is 35.4 Å². The molecule has 144 valence electrons. The highest BCUT2D eigenvalue weighted by Crippen LogP contribution is 2.36. The molecule has 0 aliphatic carbocycles. The molecule has 0 spiro atoms. The molecule has 0 amide bonds. The van der Waals surface area contributed by atoms with Crippen molar-refractivity contribution < 1.29 is 9.53 Å². The third kappa shape index (κ3) is 3.69. The Balaban J connectivity index is 1.91. The summed E-state index contributed by atoms with van der Waals surface area (Å²) in [5.74, 6) is -0.237. The average molecular weight is 410 g/mol. The molecule has 6 nitrogen and oxygen atoms in total. The second-order valence-electron chi connectivity index (χ2n) is 6.95. The Kier molecular flexibility index (Phi) is 5.49. The van der Waals surface area contributed by atoms with Crippen LogP contribution in [0.1, 0.15) is 25.8 Å². The number of carbonyl (C=O) groups is 1. The minimum absolute atomic E-state index is 0.0646. The molecule has 27 heavy (non-hydrogen) atoms. The number of aromatic nitrogens is 2. The number of aryl methyl sites for hydroxylation is 1. The Morgan fingerprint density at radius 1 is 1.37 bits per heavy atom. The normalized spacial score (nSPS) is 19.4. The number of hydrogen-bond acceptors (Lipinski definition) is 5. The molecule has 1 fully saturated rings. The molecule has 0 N–H and O–H groups in total. The van der Waals surface area contributed by atoms with Crippen LogP contribution in [0.2, 0.25) is 10.0 Å². The predicted molar refractivity (Wildman–Crippen MR) is 106 cm³/mol. The molecule has 2 aromatic rings. The second kappa shape index (κ2) is 7.52. The Hall–Kier alpha value is -2.05. The number of benzene rings is 1. The van der Waals surface area contributed by atoms with E-state index in [0.29, 0.717) is 42.5 Å². The quantitative estimate of drug-likeness (QED) is 0.721. The number of anilines is 1. The second-order valence-corrected chi connectivity index (χ2v) is 7.73. The molecule has 1 aliphatic rings. The fourth-order valence-electron chi connectivity index (χ4n) is 3.18. The molecular weight excluding hydrogens is 389 g/mol. The number of carbonyl (C=O) groups excluding carboxylic acids is 1. The van der Waals surface area contributed by atoms with Gasteiger partial charge in [0.25, 0.3) is 5.56 Å². The van der Waals surface area contributed by atoms with E-state index in [4.69, 9.17) is 27.9 Å². The van der Waals surface area contributed by atoms with E-state index in [-0.39, 0.29) is 11.0 Å². The van der Waals surface area contributed by atoms with Crippen molar-refractivity contribution in [1.29, 1.82) is 0 Å². The van der Waals surface area contributed by atoms with Gasteiger partial charge in [0.2, 0.25) is 0 Å². The number of rotatable bonds is 4. The summed E-state index contributed by atoms with van der Waals surface area (Å²) in [6.45, 7) is 6.88. The van der Waals surface area contributed by atoms with Crippen molar-refractivity contribution in [3.8, 4) is 5.69 Å². The van der Waals surface area contributed by atoms with Crippen LogP contribution in [0, 0.1) is 12.3 Å². The van der Waals surface area contributed by atoms with Gasteiger partial charge in [-0.1, -0.05) is 29.3 Å². The maximum atomic E-state index is 12.7. The van der Waals surface area contributed by atoms with Crippen molar-refractivity contribution in [3.63, 3.8) is 0 Å². The van der Waals surface area contributed by atoms with Gasteiger partial charge in [-0.05, 0) is 44.9 Å². The zero-order chi connectivity index (χ0) is 19.8. The van der Waals surface area contributed by atoms with Crippen LogP contribution in [0.25, 0.3) is 5.69 Å². The standard InChI is InChI=1S/C19H21Cl2N3O3/c1-4-27-18(26)19(3)7-8-23(11-19)15-10-22-24(17(25)16(15)21)13-6-5-12(2)14(20)9-13/h5-6,9-10H,4,7-8,11H2,1-3H3. The first-order valence-corrected chi connectivity index (χ1v) is 9.49. The number of halogens is 2. The molecule has 2 heterocycles. The molecular formula is C19H21Cl2N3O3. The lowest BCUT2D eigenvalue weighted by Gasteiger charge is -2.24. The minimum Gasteiger partial charge on any atom is -0.466 e. The first kappa shape index (κ1) is 19.7. The molecule has 0 saturated carbocycles. The van der Waals surface area contributed by atoms with E-state index >= 15 is 0 Å². The lowest BCUT2D eigenvalue weighted by Crippen LogP contribution is -2.34. The van der Waals surface area contributed by atoms with Gasteiger partial charge in [-0.15, -0.1) is 0 Å². The summed E-state index contributed by atoms with van der Waals surface area (Å²) in [6.07, 6.45) is 2.17. The van der Waals surface area contributed by atoms with Crippen LogP contribution in [0.3, 0.4) is 0 Å². The summed E-state index contributed by atoms with van der Waals surface area (Å²) in [6, 6.07) is 5.26. The molecule has 3 rings (SSSR count). The molecule has 1 saturated heterocycles. The third-order valence-electron chi connectivity index (χ3n) is 4.88. The van der Waals surface area contributed by atoms with E-state index in [1.807, 2.05) is 24.8 Å². The molecule has 1 aromatic heterocycles. The van der Waals surface area contributed by atoms with Gasteiger partial charge in [0, 0.05) is 18.1 Å². The molecule has 1 aromatic carbocycles. The van der Waals surface area contributed by atoms with Crippen LogP contribution in [0.15, 0.2) is 29.2 Å². The van der Waals surface area contributed by atoms with E-state index in [9.17, 15) is 9.59 Å².